The highest BCUT2D eigenvalue weighted by Crippen LogP contribution is 2.65. The highest BCUT2D eigenvalue weighted by Gasteiger charge is 2.53. The van der Waals surface area contributed by atoms with Gasteiger partial charge in [-0.15, -0.1) is 0 Å². The monoisotopic (exact) mass is 873 g/mol. The molecule has 0 aliphatic heterocycles. The second-order valence-electron chi connectivity index (χ2n) is 19.1. The van der Waals surface area contributed by atoms with Crippen molar-refractivity contribution in [1.29, 1.82) is 0 Å². The molecule has 0 saturated heterocycles. The molecule has 0 fully saturated rings. The first-order valence-corrected chi connectivity index (χ1v) is 24.2. The first-order chi connectivity index (χ1) is 34.2. The predicted molar refractivity (Wildman–Crippen MR) is 285 cm³/mol. The Morgan fingerprint density at radius 1 is 0.188 bits per heavy atom. The van der Waals surface area contributed by atoms with Gasteiger partial charge in [0.1, 0.15) is 0 Å². The van der Waals surface area contributed by atoms with Crippen LogP contribution in [0.2, 0.25) is 0 Å². The van der Waals surface area contributed by atoms with E-state index >= 15 is 0 Å². The highest BCUT2D eigenvalue weighted by molar-refractivity contribution is 5.98. The van der Waals surface area contributed by atoms with Gasteiger partial charge >= 0.3 is 0 Å². The molecule has 0 atom stereocenters. The first kappa shape index (κ1) is 38.3. The normalized spacial score (nSPS) is 14.0. The Kier molecular flexibility index (Phi) is 7.98. The molecule has 69 heavy (non-hydrogen) atoms. The van der Waals surface area contributed by atoms with Gasteiger partial charge < -0.3 is 4.90 Å². The Bertz CT molecular complexity index is 3790. The average Bonchev–Trinajstić information content (AvgIpc) is 4.10. The quantitative estimate of drug-likeness (QED) is 0.167. The maximum atomic E-state index is 2.48. The van der Waals surface area contributed by atoms with Gasteiger partial charge in [-0.2, -0.15) is 0 Å². The molecule has 2 spiro atoms. The molecule has 0 radical (unpaired) electrons. The number of rotatable bonds is 5. The van der Waals surface area contributed by atoms with Gasteiger partial charge in [0, 0.05) is 17.1 Å². The zero-order valence-corrected chi connectivity index (χ0v) is 37.8. The summed E-state index contributed by atoms with van der Waals surface area (Å²) in [5.74, 6) is 0. The summed E-state index contributed by atoms with van der Waals surface area (Å²) in [5.41, 5.74) is 28.7. The van der Waals surface area contributed by atoms with Crippen molar-refractivity contribution in [2.75, 3.05) is 4.90 Å². The third-order valence-corrected chi connectivity index (χ3v) is 15.9. The minimum absolute atomic E-state index is 0.384. The number of fused-ring (bicyclic) bond motifs is 20. The number of hydrogen-bond donors (Lipinski definition) is 0. The van der Waals surface area contributed by atoms with Crippen LogP contribution in [0.1, 0.15) is 44.5 Å². The van der Waals surface area contributed by atoms with Crippen molar-refractivity contribution in [2.24, 2.45) is 0 Å². The van der Waals surface area contributed by atoms with Crippen LogP contribution < -0.4 is 4.90 Å². The van der Waals surface area contributed by atoms with Gasteiger partial charge in [0.15, 0.2) is 0 Å². The zero-order chi connectivity index (χ0) is 45.3. The summed E-state index contributed by atoms with van der Waals surface area (Å²) < 4.78 is 0. The van der Waals surface area contributed by atoms with E-state index in [4.69, 9.17) is 0 Å². The van der Waals surface area contributed by atoms with Crippen LogP contribution in [0.5, 0.6) is 0 Å². The Morgan fingerprint density at radius 2 is 0.493 bits per heavy atom. The average molecular weight is 874 g/mol. The molecule has 0 saturated carbocycles. The van der Waals surface area contributed by atoms with E-state index in [1.807, 2.05) is 0 Å². The van der Waals surface area contributed by atoms with E-state index in [2.05, 4.69) is 266 Å². The van der Waals surface area contributed by atoms with Crippen molar-refractivity contribution in [1.82, 2.24) is 0 Å². The molecule has 0 heterocycles. The maximum Gasteiger partial charge on any atom is 0.0725 e. The van der Waals surface area contributed by atoms with Gasteiger partial charge in [0.2, 0.25) is 0 Å². The largest absolute Gasteiger partial charge is 0.310 e. The summed E-state index contributed by atoms with van der Waals surface area (Å²) in [6, 6.07) is 97.7. The molecule has 11 aromatic carbocycles. The minimum Gasteiger partial charge on any atom is -0.310 e. The summed E-state index contributed by atoms with van der Waals surface area (Å²) in [7, 11) is 0. The second kappa shape index (κ2) is 14.4. The van der Waals surface area contributed by atoms with E-state index in [1.165, 1.54) is 111 Å². The van der Waals surface area contributed by atoms with E-state index in [0.29, 0.717) is 0 Å². The fourth-order valence-electron chi connectivity index (χ4n) is 13.2. The molecule has 11 aromatic rings. The number of hydrogen-bond acceptors (Lipinski definition) is 1. The Hall–Kier alpha value is -8.78. The van der Waals surface area contributed by atoms with Crippen LogP contribution in [0.4, 0.5) is 17.1 Å². The van der Waals surface area contributed by atoms with E-state index < -0.39 is 0 Å². The van der Waals surface area contributed by atoms with Gasteiger partial charge in [-0.25, -0.2) is 0 Å². The smallest absolute Gasteiger partial charge is 0.0725 e. The summed E-state index contributed by atoms with van der Waals surface area (Å²) in [6.07, 6.45) is 0. The molecule has 4 aliphatic rings. The lowest BCUT2D eigenvalue weighted by Crippen LogP contribution is -2.25. The molecule has 0 bridgehead atoms. The van der Waals surface area contributed by atoms with Crippen molar-refractivity contribution in [2.45, 2.75) is 10.8 Å². The summed E-state index contributed by atoms with van der Waals surface area (Å²) in [6.45, 7) is 0. The molecule has 0 amide bonds. The SMILES string of the molecule is c1ccc(-c2ccc(N(c3ccc(-c4ccc5c(c4)C4(c6ccccc6-c6ccccc64)c4ccccc4-5)cc3)c3ccc4c(c3)-c3ccccc3C43c4ccccc4-c4ccccc43)cc2)cc1. The fraction of sp³-hybridized carbons (Fsp3) is 0.0294. The fourth-order valence-corrected chi connectivity index (χ4v) is 13.2. The van der Waals surface area contributed by atoms with Crippen molar-refractivity contribution in [3.63, 3.8) is 0 Å². The topological polar surface area (TPSA) is 3.24 Å². The number of anilines is 3. The molecule has 0 unspecified atom stereocenters. The second-order valence-corrected chi connectivity index (χ2v) is 19.1. The van der Waals surface area contributed by atoms with E-state index in [1.54, 1.807) is 0 Å². The van der Waals surface area contributed by atoms with Crippen LogP contribution in [0.3, 0.4) is 0 Å². The van der Waals surface area contributed by atoms with E-state index in [9.17, 15) is 0 Å². The van der Waals surface area contributed by atoms with Crippen LogP contribution in [-0.4, -0.2) is 0 Å². The lowest BCUT2D eigenvalue weighted by molar-refractivity contribution is 0.794. The lowest BCUT2D eigenvalue weighted by Gasteiger charge is -2.31. The molecule has 1 nitrogen and oxygen atoms in total. The summed E-state index contributed by atoms with van der Waals surface area (Å²) in [5, 5.41) is 0. The van der Waals surface area contributed by atoms with Gasteiger partial charge in [-0.05, 0) is 154 Å². The van der Waals surface area contributed by atoms with Gasteiger partial charge in [0.05, 0.1) is 10.8 Å². The molecule has 1 heteroatoms. The minimum atomic E-state index is -0.389. The van der Waals surface area contributed by atoms with Crippen LogP contribution in [0.15, 0.2) is 261 Å². The van der Waals surface area contributed by atoms with Crippen molar-refractivity contribution < 1.29 is 0 Å². The maximum absolute atomic E-state index is 2.48. The molecule has 320 valence electrons. The number of nitrogens with zero attached hydrogens (tertiary/aromatic N) is 1. The standard InChI is InChI=1S/C68H43N/c1-2-16-44(17-3-1)45-30-35-48(36-31-45)69(50-39-41-65-58(43-50)56-23-9-15-29-64(56)67(65)59-24-10-4-18-51(59)52-19-5-11-25-60(52)67)49-37-32-46(33-38-49)47-34-40-57-55-22-8-14-28-63(55)68(66(57)42-47)61-26-12-6-20-53(61)54-21-7-13-27-62(54)68/h1-43H. The molecule has 0 aromatic heterocycles. The third-order valence-electron chi connectivity index (χ3n) is 15.9. The van der Waals surface area contributed by atoms with Gasteiger partial charge in [-0.3, -0.25) is 0 Å². The zero-order valence-electron chi connectivity index (χ0n) is 37.8. The third kappa shape index (κ3) is 5.09. The highest BCUT2D eigenvalue weighted by atomic mass is 15.1. The molecule has 15 rings (SSSR count). The first-order valence-electron chi connectivity index (χ1n) is 24.2. The summed E-state index contributed by atoms with van der Waals surface area (Å²) in [4.78, 5) is 2.43. The Labute approximate surface area is 402 Å². The van der Waals surface area contributed by atoms with Gasteiger partial charge in [0.25, 0.3) is 0 Å². The molecule has 4 aliphatic carbocycles. The van der Waals surface area contributed by atoms with Crippen LogP contribution in [0, 0.1) is 0 Å². The van der Waals surface area contributed by atoms with Gasteiger partial charge in [-0.1, -0.05) is 218 Å². The predicted octanol–water partition coefficient (Wildman–Crippen LogP) is 17.2. The van der Waals surface area contributed by atoms with E-state index in [0.717, 1.165) is 17.1 Å². The van der Waals surface area contributed by atoms with E-state index in [-0.39, 0.29) is 10.8 Å². The van der Waals surface area contributed by atoms with Crippen LogP contribution >= 0.6 is 0 Å². The summed E-state index contributed by atoms with van der Waals surface area (Å²) >= 11 is 0. The van der Waals surface area contributed by atoms with Crippen LogP contribution in [0.25, 0.3) is 66.8 Å². The molecular formula is C68H43N. The molecule has 0 N–H and O–H groups in total. The van der Waals surface area contributed by atoms with Crippen LogP contribution in [-0.2, 0) is 10.8 Å². The Balaban J connectivity index is 0.882. The number of benzene rings is 11. The Morgan fingerprint density at radius 3 is 0.942 bits per heavy atom. The van der Waals surface area contributed by atoms with Crippen molar-refractivity contribution >= 4 is 17.1 Å². The lowest BCUT2D eigenvalue weighted by atomic mass is 9.70. The van der Waals surface area contributed by atoms with Crippen molar-refractivity contribution in [3.8, 4) is 66.8 Å². The molecular weight excluding hydrogens is 831 g/mol. The van der Waals surface area contributed by atoms with Crippen molar-refractivity contribution in [3.05, 3.63) is 305 Å².